The zero-order valence-electron chi connectivity index (χ0n) is 23.0. The van der Waals surface area contributed by atoms with E-state index in [0.29, 0.717) is 53.6 Å². The number of esters is 1. The minimum absolute atomic E-state index is 0.0751. The fourth-order valence-corrected chi connectivity index (χ4v) is 6.09. The number of fused-ring (bicyclic) bond motifs is 2. The lowest BCUT2D eigenvalue weighted by Crippen LogP contribution is -2.32. The number of amides is 1. The average molecular weight is 548 g/mol. The molecule has 0 aliphatic heterocycles. The molecule has 2 aliphatic rings. The molecule has 1 amide bonds. The number of halogens is 1. The van der Waals surface area contributed by atoms with Crippen molar-refractivity contribution in [3.05, 3.63) is 117 Å². The molecule has 2 aliphatic carbocycles. The maximum atomic E-state index is 13.7. The molecular weight excluding hydrogens is 517 g/mol. The molecule has 0 aromatic heterocycles. The molecule has 3 aromatic rings. The summed E-state index contributed by atoms with van der Waals surface area (Å²) < 4.78 is 19.5. The predicted octanol–water partition coefficient (Wildman–Crippen LogP) is 6.33. The van der Waals surface area contributed by atoms with Crippen LogP contribution in [0.15, 0.2) is 61.2 Å². The first-order valence-corrected chi connectivity index (χ1v) is 13.8. The number of likely N-dealkylation sites (N-methyl/N-ethyl adjacent to an activating group) is 1. The number of benzene rings is 3. The van der Waals surface area contributed by atoms with Gasteiger partial charge in [0.15, 0.2) is 0 Å². The van der Waals surface area contributed by atoms with Crippen LogP contribution in [0.25, 0.3) is 0 Å². The van der Waals surface area contributed by atoms with Crippen molar-refractivity contribution < 1.29 is 18.7 Å². The summed E-state index contributed by atoms with van der Waals surface area (Å²) in [5, 5.41) is 19.2. The van der Waals surface area contributed by atoms with E-state index in [0.717, 1.165) is 41.5 Å². The topological polar surface area (TPSA) is 94.2 Å². The Morgan fingerprint density at radius 3 is 2.46 bits per heavy atom. The second kappa shape index (κ2) is 11.8. The first-order chi connectivity index (χ1) is 19.8. The highest BCUT2D eigenvalue weighted by molar-refractivity contribution is 5.97. The Morgan fingerprint density at radius 1 is 1.05 bits per heavy atom. The third-order valence-electron chi connectivity index (χ3n) is 8.09. The zero-order chi connectivity index (χ0) is 29.1. The molecule has 0 saturated heterocycles. The van der Waals surface area contributed by atoms with Crippen LogP contribution in [-0.2, 0) is 24.0 Å². The standard InChI is InChI=1S/C34H30FN3O3/c1-3-5-25(23-8-10-26(35)11-9-23)20-38(2)33(39)30-16-22(19-37)15-29-28(30)12-13-32(29)41-34(40)31-17-21(18-36)14-24-6-4-7-27(24)31/h3,8-11,14-17,25,32H,1,4-7,12-13,20H2,2H3/t25-,32?/m1/s1. The zero-order valence-corrected chi connectivity index (χ0v) is 23.0. The van der Waals surface area contributed by atoms with E-state index in [-0.39, 0.29) is 17.6 Å². The Labute approximate surface area is 239 Å². The van der Waals surface area contributed by atoms with Gasteiger partial charge in [0, 0.05) is 25.1 Å². The van der Waals surface area contributed by atoms with Gasteiger partial charge in [-0.3, -0.25) is 4.79 Å². The van der Waals surface area contributed by atoms with Gasteiger partial charge in [-0.05, 0) is 103 Å². The van der Waals surface area contributed by atoms with Gasteiger partial charge < -0.3 is 9.64 Å². The van der Waals surface area contributed by atoms with Crippen molar-refractivity contribution in [2.24, 2.45) is 0 Å². The van der Waals surface area contributed by atoms with E-state index in [1.165, 1.54) is 12.1 Å². The van der Waals surface area contributed by atoms with Crippen LogP contribution < -0.4 is 0 Å². The van der Waals surface area contributed by atoms with Gasteiger partial charge in [-0.1, -0.05) is 18.2 Å². The number of hydrogen-bond donors (Lipinski definition) is 0. The highest BCUT2D eigenvalue weighted by Gasteiger charge is 2.33. The van der Waals surface area contributed by atoms with Gasteiger partial charge in [-0.2, -0.15) is 10.5 Å². The smallest absolute Gasteiger partial charge is 0.339 e. The number of nitriles is 2. The Balaban J connectivity index is 1.40. The van der Waals surface area contributed by atoms with E-state index in [9.17, 15) is 24.5 Å². The van der Waals surface area contributed by atoms with E-state index in [2.05, 4.69) is 18.7 Å². The summed E-state index contributed by atoms with van der Waals surface area (Å²) in [5.74, 6) is -1.12. The molecule has 3 aromatic carbocycles. The highest BCUT2D eigenvalue weighted by atomic mass is 19.1. The van der Waals surface area contributed by atoms with Gasteiger partial charge in [-0.25, -0.2) is 9.18 Å². The number of carbonyl (C=O) groups is 2. The summed E-state index contributed by atoms with van der Waals surface area (Å²) in [5.41, 5.74) is 5.89. The average Bonchev–Trinajstić information content (AvgIpc) is 3.62. The van der Waals surface area contributed by atoms with Crippen LogP contribution in [0, 0.1) is 28.5 Å². The third-order valence-corrected chi connectivity index (χ3v) is 8.09. The number of rotatable bonds is 8. The quantitative estimate of drug-likeness (QED) is 0.243. The van der Waals surface area contributed by atoms with Crippen LogP contribution in [0.3, 0.4) is 0 Å². The van der Waals surface area contributed by atoms with Crippen LogP contribution in [-0.4, -0.2) is 30.4 Å². The molecule has 7 heteroatoms. The molecule has 0 saturated carbocycles. The third kappa shape index (κ3) is 5.62. The van der Waals surface area contributed by atoms with E-state index in [1.54, 1.807) is 48.4 Å². The maximum Gasteiger partial charge on any atom is 0.339 e. The summed E-state index contributed by atoms with van der Waals surface area (Å²) in [6.07, 6.45) is 5.33. The molecule has 5 rings (SSSR count). The number of carbonyl (C=O) groups excluding carboxylic acids is 2. The van der Waals surface area contributed by atoms with Crippen molar-refractivity contribution in [2.45, 2.75) is 50.5 Å². The Bertz CT molecular complexity index is 1610. The molecule has 0 radical (unpaired) electrons. The molecule has 0 spiro atoms. The summed E-state index contributed by atoms with van der Waals surface area (Å²) >= 11 is 0. The van der Waals surface area contributed by atoms with Crippen molar-refractivity contribution in [3.63, 3.8) is 0 Å². The predicted molar refractivity (Wildman–Crippen MR) is 152 cm³/mol. The summed E-state index contributed by atoms with van der Waals surface area (Å²) in [6, 6.07) is 17.3. The van der Waals surface area contributed by atoms with Gasteiger partial charge in [-0.15, -0.1) is 6.58 Å². The van der Waals surface area contributed by atoms with E-state index >= 15 is 0 Å². The van der Waals surface area contributed by atoms with Crippen LogP contribution in [0.4, 0.5) is 4.39 Å². The molecule has 41 heavy (non-hydrogen) atoms. The molecule has 2 atom stereocenters. The Morgan fingerprint density at radius 2 is 1.76 bits per heavy atom. The second-order valence-electron chi connectivity index (χ2n) is 10.7. The van der Waals surface area contributed by atoms with Crippen molar-refractivity contribution in [1.29, 1.82) is 10.5 Å². The maximum absolute atomic E-state index is 13.7. The van der Waals surface area contributed by atoms with Gasteiger partial charge in [0.05, 0.1) is 28.8 Å². The first-order valence-electron chi connectivity index (χ1n) is 13.8. The number of allylic oxidation sites excluding steroid dienone is 1. The molecule has 0 fully saturated rings. The summed E-state index contributed by atoms with van der Waals surface area (Å²) in [4.78, 5) is 28.7. The number of ether oxygens (including phenoxy) is 1. The van der Waals surface area contributed by atoms with Crippen LogP contribution in [0.5, 0.6) is 0 Å². The molecule has 0 N–H and O–H groups in total. The first kappa shape index (κ1) is 27.8. The van der Waals surface area contributed by atoms with Crippen molar-refractivity contribution in [3.8, 4) is 12.1 Å². The molecular formula is C34H30FN3O3. The molecule has 206 valence electrons. The normalized spacial score (nSPS) is 15.7. The monoisotopic (exact) mass is 547 g/mol. The van der Waals surface area contributed by atoms with Crippen LogP contribution >= 0.6 is 0 Å². The second-order valence-corrected chi connectivity index (χ2v) is 10.7. The number of nitrogens with zero attached hydrogens (tertiary/aromatic N) is 3. The SMILES string of the molecule is C=CC[C@H](CN(C)C(=O)c1cc(C#N)cc2c1CCC2OC(=O)c1cc(C#N)cc2c1CCC2)c1ccc(F)cc1. The highest BCUT2D eigenvalue weighted by Crippen LogP contribution is 2.39. The number of hydrogen-bond acceptors (Lipinski definition) is 5. The van der Waals surface area contributed by atoms with Gasteiger partial charge in [0.1, 0.15) is 11.9 Å². The fourth-order valence-electron chi connectivity index (χ4n) is 6.09. The molecule has 1 unspecified atom stereocenters. The van der Waals surface area contributed by atoms with Crippen molar-refractivity contribution >= 4 is 11.9 Å². The molecule has 0 bridgehead atoms. The Kier molecular flexibility index (Phi) is 7.99. The van der Waals surface area contributed by atoms with Crippen molar-refractivity contribution in [2.75, 3.05) is 13.6 Å². The lowest BCUT2D eigenvalue weighted by atomic mass is 9.94. The molecule has 6 nitrogen and oxygen atoms in total. The van der Waals surface area contributed by atoms with Gasteiger partial charge >= 0.3 is 5.97 Å². The number of aryl methyl sites for hydroxylation is 1. The lowest BCUT2D eigenvalue weighted by Gasteiger charge is -2.25. The largest absolute Gasteiger partial charge is 0.454 e. The summed E-state index contributed by atoms with van der Waals surface area (Å²) in [6.45, 7) is 4.21. The fraction of sp³-hybridized carbons (Fsp3) is 0.294. The van der Waals surface area contributed by atoms with Crippen LogP contribution in [0.2, 0.25) is 0 Å². The molecule has 0 heterocycles. The van der Waals surface area contributed by atoms with E-state index in [1.807, 2.05) is 6.07 Å². The minimum Gasteiger partial charge on any atom is -0.454 e. The Hall–Kier alpha value is -4.75. The van der Waals surface area contributed by atoms with Crippen molar-refractivity contribution in [1.82, 2.24) is 4.90 Å². The van der Waals surface area contributed by atoms with Crippen LogP contribution in [0.1, 0.15) is 90.9 Å². The lowest BCUT2D eigenvalue weighted by molar-refractivity contribution is 0.0300. The van der Waals surface area contributed by atoms with E-state index in [4.69, 9.17) is 4.74 Å². The van der Waals surface area contributed by atoms with Gasteiger partial charge in [0.2, 0.25) is 0 Å². The summed E-state index contributed by atoms with van der Waals surface area (Å²) in [7, 11) is 1.71. The minimum atomic E-state index is -0.599. The van der Waals surface area contributed by atoms with Gasteiger partial charge in [0.25, 0.3) is 5.91 Å². The van der Waals surface area contributed by atoms with E-state index < -0.39 is 12.1 Å².